The minimum Gasteiger partial charge on any atom is -0.481 e. The highest BCUT2D eigenvalue weighted by molar-refractivity contribution is 9.10. The summed E-state index contributed by atoms with van der Waals surface area (Å²) in [6.45, 7) is 3.44. The number of carboxylic acids is 1. The summed E-state index contributed by atoms with van der Waals surface area (Å²) in [4.78, 5) is 10.6. The standard InChI is InChI=1S/C12H15BrFNO4S/c1-7(2)10(6-12(16)17)15-20(18,19)11-4-3-8(14)5-9(11)13/h3-5,7,10,15H,6H2,1-2H3,(H,16,17). The van der Waals surface area contributed by atoms with Crippen LogP contribution in [-0.2, 0) is 14.8 Å². The number of nitrogens with one attached hydrogen (secondary N) is 1. The van der Waals surface area contributed by atoms with Gasteiger partial charge in [0.1, 0.15) is 5.82 Å². The number of rotatable bonds is 6. The Morgan fingerprint density at radius 3 is 2.50 bits per heavy atom. The number of sulfonamides is 1. The summed E-state index contributed by atoms with van der Waals surface area (Å²) in [5, 5.41) is 8.80. The number of hydrogen-bond donors (Lipinski definition) is 2. The molecule has 1 aromatic carbocycles. The molecule has 0 aliphatic rings. The molecule has 1 rings (SSSR count). The second-order valence-electron chi connectivity index (χ2n) is 4.64. The van der Waals surface area contributed by atoms with Crippen LogP contribution in [0.2, 0.25) is 0 Å². The summed E-state index contributed by atoms with van der Waals surface area (Å²) in [7, 11) is -3.92. The normalized spacial score (nSPS) is 13.4. The molecule has 0 spiro atoms. The van der Waals surface area contributed by atoms with Crippen molar-refractivity contribution in [2.75, 3.05) is 0 Å². The first-order valence-corrected chi connectivity index (χ1v) is 8.10. The maximum Gasteiger partial charge on any atom is 0.304 e. The Bertz CT molecular complexity index is 603. The number of halogens is 2. The zero-order valence-corrected chi connectivity index (χ0v) is 13.3. The number of aliphatic carboxylic acids is 1. The van der Waals surface area contributed by atoms with E-state index in [2.05, 4.69) is 20.7 Å². The number of carbonyl (C=O) groups is 1. The van der Waals surface area contributed by atoms with Crippen molar-refractivity contribution in [3.63, 3.8) is 0 Å². The van der Waals surface area contributed by atoms with Gasteiger partial charge in [-0.15, -0.1) is 0 Å². The predicted molar refractivity (Wildman–Crippen MR) is 75.3 cm³/mol. The Kier molecular flexibility index (Phi) is 5.67. The summed E-state index contributed by atoms with van der Waals surface area (Å²) >= 11 is 2.99. The predicted octanol–water partition coefficient (Wildman–Crippen LogP) is 2.37. The van der Waals surface area contributed by atoms with E-state index in [1.54, 1.807) is 13.8 Å². The third-order valence-electron chi connectivity index (χ3n) is 2.69. The molecule has 5 nitrogen and oxygen atoms in total. The lowest BCUT2D eigenvalue weighted by atomic mass is 10.0. The fourth-order valence-electron chi connectivity index (χ4n) is 1.56. The van der Waals surface area contributed by atoms with Crippen LogP contribution in [-0.4, -0.2) is 25.5 Å². The van der Waals surface area contributed by atoms with Crippen LogP contribution in [0.4, 0.5) is 4.39 Å². The van der Waals surface area contributed by atoms with Crippen LogP contribution in [0.25, 0.3) is 0 Å². The molecule has 0 saturated carbocycles. The second-order valence-corrected chi connectivity index (χ2v) is 7.18. The zero-order valence-electron chi connectivity index (χ0n) is 10.9. The molecule has 112 valence electrons. The van der Waals surface area contributed by atoms with Gasteiger partial charge in [0.15, 0.2) is 0 Å². The van der Waals surface area contributed by atoms with Crippen LogP contribution in [0.15, 0.2) is 27.6 Å². The molecule has 0 heterocycles. The molecule has 20 heavy (non-hydrogen) atoms. The van der Waals surface area contributed by atoms with Gasteiger partial charge in [0.05, 0.1) is 11.3 Å². The minimum absolute atomic E-state index is 0.0860. The summed E-state index contributed by atoms with van der Waals surface area (Å²) in [5.41, 5.74) is 0. The van der Waals surface area contributed by atoms with Gasteiger partial charge >= 0.3 is 5.97 Å². The van der Waals surface area contributed by atoms with E-state index in [0.717, 1.165) is 18.2 Å². The van der Waals surface area contributed by atoms with E-state index in [0.29, 0.717) is 0 Å². The van der Waals surface area contributed by atoms with Crippen molar-refractivity contribution in [3.05, 3.63) is 28.5 Å². The molecule has 0 radical (unpaired) electrons. The SMILES string of the molecule is CC(C)C(CC(=O)O)NS(=O)(=O)c1ccc(F)cc1Br. The van der Waals surface area contributed by atoms with Gasteiger partial charge in [-0.1, -0.05) is 13.8 Å². The topological polar surface area (TPSA) is 83.5 Å². The fraction of sp³-hybridized carbons (Fsp3) is 0.417. The third-order valence-corrected chi connectivity index (χ3v) is 5.16. The first kappa shape index (κ1) is 17.1. The van der Waals surface area contributed by atoms with Gasteiger partial charge in [0.25, 0.3) is 0 Å². The minimum atomic E-state index is -3.92. The first-order valence-electron chi connectivity index (χ1n) is 5.82. The molecule has 0 saturated heterocycles. The van der Waals surface area contributed by atoms with Crippen molar-refractivity contribution in [1.29, 1.82) is 0 Å². The lowest BCUT2D eigenvalue weighted by Gasteiger charge is -2.20. The van der Waals surface area contributed by atoms with Gasteiger partial charge in [0.2, 0.25) is 10.0 Å². The number of benzene rings is 1. The van der Waals surface area contributed by atoms with Crippen molar-refractivity contribution in [1.82, 2.24) is 4.72 Å². The van der Waals surface area contributed by atoms with Crippen molar-refractivity contribution < 1.29 is 22.7 Å². The summed E-state index contributed by atoms with van der Waals surface area (Å²) in [6, 6.07) is 2.45. The van der Waals surface area contributed by atoms with Crippen LogP contribution in [0.1, 0.15) is 20.3 Å². The van der Waals surface area contributed by atoms with Crippen molar-refractivity contribution in [3.8, 4) is 0 Å². The molecule has 2 N–H and O–H groups in total. The molecule has 0 aromatic heterocycles. The molecular weight excluding hydrogens is 353 g/mol. The van der Waals surface area contributed by atoms with Gasteiger partial charge in [-0.25, -0.2) is 17.5 Å². The zero-order chi connectivity index (χ0) is 15.5. The number of hydrogen-bond acceptors (Lipinski definition) is 3. The molecule has 0 bridgehead atoms. The molecule has 1 unspecified atom stereocenters. The van der Waals surface area contributed by atoms with Crippen LogP contribution in [0.3, 0.4) is 0 Å². The van der Waals surface area contributed by atoms with Crippen molar-refractivity contribution >= 4 is 31.9 Å². The highest BCUT2D eigenvalue weighted by atomic mass is 79.9. The fourth-order valence-corrected chi connectivity index (χ4v) is 3.99. The molecule has 1 aromatic rings. The van der Waals surface area contributed by atoms with Crippen LogP contribution in [0, 0.1) is 11.7 Å². The van der Waals surface area contributed by atoms with E-state index >= 15 is 0 Å². The Balaban J connectivity index is 3.06. The summed E-state index contributed by atoms with van der Waals surface area (Å²) in [6.07, 6.45) is -0.324. The average molecular weight is 368 g/mol. The molecule has 0 amide bonds. The lowest BCUT2D eigenvalue weighted by molar-refractivity contribution is -0.137. The lowest BCUT2D eigenvalue weighted by Crippen LogP contribution is -2.40. The maximum atomic E-state index is 13.0. The van der Waals surface area contributed by atoms with E-state index in [-0.39, 0.29) is 21.7 Å². The maximum absolute atomic E-state index is 13.0. The third kappa shape index (κ3) is 4.53. The Labute approximate surface area is 125 Å². The largest absolute Gasteiger partial charge is 0.481 e. The average Bonchev–Trinajstić information content (AvgIpc) is 2.26. The van der Waals surface area contributed by atoms with E-state index in [4.69, 9.17) is 5.11 Å². The van der Waals surface area contributed by atoms with Crippen molar-refractivity contribution in [2.45, 2.75) is 31.2 Å². The monoisotopic (exact) mass is 367 g/mol. The molecular formula is C12H15BrFNO4S. The summed E-state index contributed by atoms with van der Waals surface area (Å²) in [5.74, 6) is -1.86. The van der Waals surface area contributed by atoms with E-state index in [9.17, 15) is 17.6 Å². The Hall–Kier alpha value is -0.990. The summed E-state index contributed by atoms with van der Waals surface area (Å²) < 4.78 is 39.8. The Morgan fingerprint density at radius 1 is 1.45 bits per heavy atom. The number of carboxylic acid groups (broad SMARTS) is 1. The molecule has 0 fully saturated rings. The second kappa shape index (κ2) is 6.64. The molecule has 8 heteroatoms. The van der Waals surface area contributed by atoms with Crippen LogP contribution < -0.4 is 4.72 Å². The molecule has 1 atom stereocenters. The van der Waals surface area contributed by atoms with E-state index in [1.807, 2.05) is 0 Å². The van der Waals surface area contributed by atoms with E-state index in [1.165, 1.54) is 0 Å². The van der Waals surface area contributed by atoms with Crippen LogP contribution >= 0.6 is 15.9 Å². The van der Waals surface area contributed by atoms with Crippen molar-refractivity contribution in [2.24, 2.45) is 5.92 Å². The van der Waals surface area contributed by atoms with E-state index < -0.39 is 27.9 Å². The van der Waals surface area contributed by atoms with Gasteiger partial charge in [-0.05, 0) is 40.0 Å². The van der Waals surface area contributed by atoms with Gasteiger partial charge in [-0.2, -0.15) is 0 Å². The van der Waals surface area contributed by atoms with Gasteiger partial charge < -0.3 is 5.11 Å². The molecule has 0 aliphatic heterocycles. The van der Waals surface area contributed by atoms with Crippen LogP contribution in [0.5, 0.6) is 0 Å². The smallest absolute Gasteiger partial charge is 0.304 e. The highest BCUT2D eigenvalue weighted by Crippen LogP contribution is 2.23. The first-order chi connectivity index (χ1) is 9.13. The highest BCUT2D eigenvalue weighted by Gasteiger charge is 2.26. The molecule has 0 aliphatic carbocycles. The Morgan fingerprint density at radius 2 is 2.05 bits per heavy atom. The van der Waals surface area contributed by atoms with Gasteiger partial charge in [-0.3, -0.25) is 4.79 Å². The van der Waals surface area contributed by atoms with Gasteiger partial charge in [0, 0.05) is 10.5 Å². The quantitative estimate of drug-likeness (QED) is 0.808.